The van der Waals surface area contributed by atoms with Gasteiger partial charge in [0.15, 0.2) is 0 Å². The van der Waals surface area contributed by atoms with E-state index in [1.54, 1.807) is 6.92 Å². The van der Waals surface area contributed by atoms with Gasteiger partial charge in [-0.15, -0.1) is 0 Å². The summed E-state index contributed by atoms with van der Waals surface area (Å²) in [5, 5.41) is 8.73. The Morgan fingerprint density at radius 3 is 2.29 bits per heavy atom. The number of carbonyl (C=O) groups is 1. The SMILES string of the molecule is CCC(C)(C)OC(C)C[C@H](C)C(=O)O. The predicted octanol–water partition coefficient (Wildman–Crippen LogP) is 2.69. The van der Waals surface area contributed by atoms with Crippen LogP contribution in [0.5, 0.6) is 0 Å². The van der Waals surface area contributed by atoms with E-state index in [-0.39, 0.29) is 17.6 Å². The second-order valence-electron chi connectivity index (χ2n) is 4.52. The van der Waals surface area contributed by atoms with E-state index in [2.05, 4.69) is 6.92 Å². The maximum atomic E-state index is 10.6. The van der Waals surface area contributed by atoms with Crippen LogP contribution in [0.3, 0.4) is 0 Å². The van der Waals surface area contributed by atoms with E-state index in [0.29, 0.717) is 6.42 Å². The van der Waals surface area contributed by atoms with Crippen molar-refractivity contribution in [2.75, 3.05) is 0 Å². The molecule has 14 heavy (non-hydrogen) atoms. The zero-order valence-corrected chi connectivity index (χ0v) is 9.83. The highest BCUT2D eigenvalue weighted by atomic mass is 16.5. The summed E-state index contributed by atoms with van der Waals surface area (Å²) in [5.41, 5.74) is -0.155. The molecule has 0 spiro atoms. The molecule has 1 unspecified atom stereocenters. The molecule has 0 saturated heterocycles. The fourth-order valence-electron chi connectivity index (χ4n) is 1.27. The molecule has 0 aliphatic heterocycles. The number of carboxylic acid groups (broad SMARTS) is 1. The first kappa shape index (κ1) is 13.4. The normalized spacial score (nSPS) is 16.4. The van der Waals surface area contributed by atoms with Crippen molar-refractivity contribution in [1.82, 2.24) is 0 Å². The fourth-order valence-corrected chi connectivity index (χ4v) is 1.27. The molecule has 0 radical (unpaired) electrons. The number of hydrogen-bond acceptors (Lipinski definition) is 2. The summed E-state index contributed by atoms with van der Waals surface area (Å²) >= 11 is 0. The van der Waals surface area contributed by atoms with Crippen LogP contribution in [0.2, 0.25) is 0 Å². The van der Waals surface area contributed by atoms with Gasteiger partial charge in [-0.3, -0.25) is 4.79 Å². The van der Waals surface area contributed by atoms with Gasteiger partial charge in [0, 0.05) is 0 Å². The van der Waals surface area contributed by atoms with E-state index in [1.807, 2.05) is 20.8 Å². The van der Waals surface area contributed by atoms with Crippen molar-refractivity contribution < 1.29 is 14.6 Å². The van der Waals surface area contributed by atoms with E-state index in [4.69, 9.17) is 9.84 Å². The molecule has 0 aliphatic carbocycles. The van der Waals surface area contributed by atoms with Crippen molar-refractivity contribution >= 4 is 5.97 Å². The quantitative estimate of drug-likeness (QED) is 0.720. The van der Waals surface area contributed by atoms with Crippen molar-refractivity contribution in [3.8, 4) is 0 Å². The van der Waals surface area contributed by atoms with E-state index in [0.717, 1.165) is 6.42 Å². The highest BCUT2D eigenvalue weighted by molar-refractivity contribution is 5.69. The smallest absolute Gasteiger partial charge is 0.306 e. The van der Waals surface area contributed by atoms with Crippen LogP contribution >= 0.6 is 0 Å². The molecule has 0 aromatic heterocycles. The zero-order valence-electron chi connectivity index (χ0n) is 9.83. The van der Waals surface area contributed by atoms with Crippen molar-refractivity contribution in [2.24, 2.45) is 5.92 Å². The van der Waals surface area contributed by atoms with Gasteiger partial charge in [0.2, 0.25) is 0 Å². The van der Waals surface area contributed by atoms with E-state index < -0.39 is 5.97 Å². The molecule has 0 aliphatic rings. The number of rotatable bonds is 6. The van der Waals surface area contributed by atoms with Gasteiger partial charge in [-0.2, -0.15) is 0 Å². The molecular weight excluding hydrogens is 180 g/mol. The summed E-state index contributed by atoms with van der Waals surface area (Å²) in [7, 11) is 0. The average molecular weight is 202 g/mol. The second-order valence-corrected chi connectivity index (χ2v) is 4.52. The summed E-state index contributed by atoms with van der Waals surface area (Å²) < 4.78 is 5.74. The molecule has 3 heteroatoms. The van der Waals surface area contributed by atoms with E-state index in [9.17, 15) is 4.79 Å². The van der Waals surface area contributed by atoms with Gasteiger partial charge in [0.05, 0.1) is 17.6 Å². The minimum atomic E-state index is -0.755. The molecule has 84 valence electrons. The lowest BCUT2D eigenvalue weighted by Crippen LogP contribution is -2.30. The Bertz CT molecular complexity index is 187. The van der Waals surface area contributed by atoms with Crippen LogP contribution in [0.15, 0.2) is 0 Å². The molecule has 0 amide bonds. The van der Waals surface area contributed by atoms with Crippen LogP contribution in [-0.2, 0) is 9.53 Å². The number of ether oxygens (including phenoxy) is 1. The van der Waals surface area contributed by atoms with Crippen molar-refractivity contribution in [3.05, 3.63) is 0 Å². The summed E-state index contributed by atoms with van der Waals surface area (Å²) in [6, 6.07) is 0. The predicted molar refractivity (Wildman–Crippen MR) is 56.3 cm³/mol. The highest BCUT2D eigenvalue weighted by Gasteiger charge is 2.22. The topological polar surface area (TPSA) is 46.5 Å². The van der Waals surface area contributed by atoms with Gasteiger partial charge in [-0.25, -0.2) is 0 Å². The Balaban J connectivity index is 3.98. The Morgan fingerprint density at radius 2 is 1.93 bits per heavy atom. The van der Waals surface area contributed by atoms with Gasteiger partial charge in [-0.1, -0.05) is 13.8 Å². The standard InChI is InChI=1S/C11H22O3/c1-6-11(4,5)14-9(3)7-8(2)10(12)13/h8-9H,6-7H2,1-5H3,(H,12,13)/t8-,9?/m0/s1. The Morgan fingerprint density at radius 1 is 1.43 bits per heavy atom. The Labute approximate surface area is 86.5 Å². The third-order valence-electron chi connectivity index (χ3n) is 2.48. The first-order chi connectivity index (χ1) is 6.28. The van der Waals surface area contributed by atoms with E-state index >= 15 is 0 Å². The molecule has 0 heterocycles. The minimum Gasteiger partial charge on any atom is -0.481 e. The van der Waals surface area contributed by atoms with Crippen molar-refractivity contribution in [3.63, 3.8) is 0 Å². The average Bonchev–Trinajstić information content (AvgIpc) is 2.02. The molecular formula is C11H22O3. The summed E-state index contributed by atoms with van der Waals surface area (Å²) in [6.45, 7) is 9.75. The van der Waals surface area contributed by atoms with Gasteiger partial charge in [0.1, 0.15) is 0 Å². The van der Waals surface area contributed by atoms with Crippen LogP contribution in [-0.4, -0.2) is 22.8 Å². The molecule has 0 saturated carbocycles. The second kappa shape index (κ2) is 5.35. The summed E-state index contributed by atoms with van der Waals surface area (Å²) in [6.07, 6.45) is 1.49. The molecule has 3 nitrogen and oxygen atoms in total. The van der Waals surface area contributed by atoms with Gasteiger partial charge in [-0.05, 0) is 33.6 Å². The van der Waals surface area contributed by atoms with Crippen LogP contribution in [0.1, 0.15) is 47.5 Å². The highest BCUT2D eigenvalue weighted by Crippen LogP contribution is 2.19. The third-order valence-corrected chi connectivity index (χ3v) is 2.48. The van der Waals surface area contributed by atoms with Crippen LogP contribution in [0.4, 0.5) is 0 Å². The molecule has 0 fully saturated rings. The van der Waals surface area contributed by atoms with Crippen molar-refractivity contribution in [1.29, 1.82) is 0 Å². The lowest BCUT2D eigenvalue weighted by atomic mass is 10.0. The molecule has 0 bridgehead atoms. The lowest BCUT2D eigenvalue weighted by molar-refractivity contribution is -0.144. The van der Waals surface area contributed by atoms with E-state index in [1.165, 1.54) is 0 Å². The molecule has 2 atom stereocenters. The Hall–Kier alpha value is -0.570. The minimum absolute atomic E-state index is 0.00366. The third kappa shape index (κ3) is 5.22. The molecule has 1 N–H and O–H groups in total. The fraction of sp³-hybridized carbons (Fsp3) is 0.909. The Kier molecular flexibility index (Phi) is 5.13. The molecule has 0 aromatic rings. The first-order valence-electron chi connectivity index (χ1n) is 5.19. The monoisotopic (exact) mass is 202 g/mol. The van der Waals surface area contributed by atoms with Crippen molar-refractivity contribution in [2.45, 2.75) is 59.2 Å². The summed E-state index contributed by atoms with van der Waals surface area (Å²) in [4.78, 5) is 10.6. The zero-order chi connectivity index (χ0) is 11.4. The first-order valence-corrected chi connectivity index (χ1v) is 5.19. The largest absolute Gasteiger partial charge is 0.481 e. The molecule has 0 aromatic carbocycles. The van der Waals surface area contributed by atoms with Gasteiger partial charge < -0.3 is 9.84 Å². The number of hydrogen-bond donors (Lipinski definition) is 1. The van der Waals surface area contributed by atoms with Gasteiger partial charge >= 0.3 is 5.97 Å². The summed E-state index contributed by atoms with van der Waals surface area (Å²) in [5.74, 6) is -1.09. The number of aliphatic carboxylic acids is 1. The van der Waals surface area contributed by atoms with Crippen LogP contribution < -0.4 is 0 Å². The lowest BCUT2D eigenvalue weighted by Gasteiger charge is -2.28. The van der Waals surface area contributed by atoms with Gasteiger partial charge in [0.25, 0.3) is 0 Å². The molecule has 0 rings (SSSR count). The van der Waals surface area contributed by atoms with Crippen LogP contribution in [0, 0.1) is 5.92 Å². The maximum Gasteiger partial charge on any atom is 0.306 e. The number of carboxylic acids is 1. The maximum absolute atomic E-state index is 10.6. The van der Waals surface area contributed by atoms with Crippen LogP contribution in [0.25, 0.3) is 0 Å².